The molecule has 0 saturated heterocycles. The second kappa shape index (κ2) is 6.24. The lowest BCUT2D eigenvalue weighted by molar-refractivity contribution is -0.0108. The highest BCUT2D eigenvalue weighted by Gasteiger charge is 2.32. The van der Waals surface area contributed by atoms with Crippen LogP contribution in [0.5, 0.6) is 0 Å². The maximum Gasteiger partial charge on any atom is 0.193 e. The molecule has 0 aliphatic carbocycles. The van der Waals surface area contributed by atoms with Gasteiger partial charge in [0.1, 0.15) is 0 Å². The van der Waals surface area contributed by atoms with Crippen molar-refractivity contribution in [2.24, 2.45) is 5.41 Å². The molecule has 2 rings (SSSR count). The first-order chi connectivity index (χ1) is 9.45. The van der Waals surface area contributed by atoms with E-state index < -0.39 is 0 Å². The number of nitrogens with zero attached hydrogens (tertiary/aromatic N) is 2. The Morgan fingerprint density at radius 3 is 2.75 bits per heavy atom. The van der Waals surface area contributed by atoms with Crippen molar-refractivity contribution in [3.63, 3.8) is 0 Å². The number of hydrogen-bond acceptors (Lipinski definition) is 4. The quantitative estimate of drug-likeness (QED) is 0.890. The number of hydrogen-bond donors (Lipinski definition) is 1. The molecule has 4 nitrogen and oxygen atoms in total. The Kier molecular flexibility index (Phi) is 4.83. The fraction of sp³-hybridized carbons (Fsp3) is 0.667. The summed E-state index contributed by atoms with van der Waals surface area (Å²) in [6, 6.07) is 0.273. The summed E-state index contributed by atoms with van der Waals surface area (Å²) in [6.45, 7) is 9.72. The van der Waals surface area contributed by atoms with Gasteiger partial charge in [-0.1, -0.05) is 27.7 Å². The molecule has 0 saturated carbocycles. The van der Waals surface area contributed by atoms with Crippen molar-refractivity contribution in [3.8, 4) is 0 Å². The van der Waals surface area contributed by atoms with Crippen LogP contribution in [0.25, 0.3) is 4.96 Å². The van der Waals surface area contributed by atoms with E-state index in [1.807, 2.05) is 0 Å². The zero-order valence-corrected chi connectivity index (χ0v) is 13.8. The Hall–Kier alpha value is -0.910. The normalized spacial score (nSPS) is 15.7. The number of nitrogens with one attached hydrogen (secondary N) is 1. The third kappa shape index (κ3) is 3.40. The molecular weight excluding hydrogens is 270 g/mol. The SMILES string of the molecule is CCNC(Cc1cn2ccsc2n1)C(OC)C(C)(C)C. The van der Waals surface area contributed by atoms with Crippen LogP contribution in [-0.4, -0.2) is 35.2 Å². The molecule has 0 aromatic carbocycles. The van der Waals surface area contributed by atoms with Crippen LogP contribution < -0.4 is 5.32 Å². The fourth-order valence-electron chi connectivity index (χ4n) is 2.77. The van der Waals surface area contributed by atoms with Crippen molar-refractivity contribution in [1.82, 2.24) is 14.7 Å². The Labute approximate surface area is 125 Å². The standard InChI is InChI=1S/C15H25N3OS/c1-6-16-12(13(19-5)15(2,3)4)9-11-10-18-7-8-20-14(18)17-11/h7-8,10,12-13,16H,6,9H2,1-5H3. The molecule has 2 aromatic heterocycles. The van der Waals surface area contributed by atoms with Gasteiger partial charge >= 0.3 is 0 Å². The number of fused-ring (bicyclic) bond motifs is 1. The van der Waals surface area contributed by atoms with Crippen molar-refractivity contribution in [1.29, 1.82) is 0 Å². The summed E-state index contributed by atoms with van der Waals surface area (Å²) in [7, 11) is 1.80. The van der Waals surface area contributed by atoms with Crippen LogP contribution >= 0.6 is 11.3 Å². The third-order valence-corrected chi connectivity index (χ3v) is 4.28. The van der Waals surface area contributed by atoms with E-state index in [1.54, 1.807) is 18.4 Å². The predicted octanol–water partition coefficient (Wildman–Crippen LogP) is 2.98. The van der Waals surface area contributed by atoms with Gasteiger partial charge in [0.25, 0.3) is 0 Å². The highest BCUT2D eigenvalue weighted by molar-refractivity contribution is 7.15. The molecule has 2 unspecified atom stereocenters. The maximum atomic E-state index is 5.76. The van der Waals surface area contributed by atoms with Crippen molar-refractivity contribution in [2.45, 2.75) is 46.3 Å². The highest BCUT2D eigenvalue weighted by Crippen LogP contribution is 2.26. The minimum absolute atomic E-state index is 0.0959. The molecule has 2 heterocycles. The average Bonchev–Trinajstić information content (AvgIpc) is 2.88. The maximum absolute atomic E-state index is 5.76. The monoisotopic (exact) mass is 295 g/mol. The zero-order valence-electron chi connectivity index (χ0n) is 13.0. The number of methoxy groups -OCH3 is 1. The molecule has 2 atom stereocenters. The van der Waals surface area contributed by atoms with E-state index in [1.165, 1.54) is 0 Å². The lowest BCUT2D eigenvalue weighted by Gasteiger charge is -2.36. The minimum Gasteiger partial charge on any atom is -0.379 e. The molecule has 2 aromatic rings. The Bertz CT molecular complexity index is 512. The van der Waals surface area contributed by atoms with Gasteiger partial charge in [-0.2, -0.15) is 0 Å². The molecule has 0 radical (unpaired) electrons. The summed E-state index contributed by atoms with van der Waals surface area (Å²) in [4.78, 5) is 5.73. The second-order valence-electron chi connectivity index (χ2n) is 6.22. The van der Waals surface area contributed by atoms with Gasteiger partial charge in [-0.05, 0) is 12.0 Å². The molecule has 5 heteroatoms. The van der Waals surface area contributed by atoms with Gasteiger partial charge in [0, 0.05) is 37.3 Å². The van der Waals surface area contributed by atoms with E-state index in [-0.39, 0.29) is 17.6 Å². The van der Waals surface area contributed by atoms with Crippen molar-refractivity contribution in [3.05, 3.63) is 23.5 Å². The van der Waals surface area contributed by atoms with Gasteiger partial charge in [-0.25, -0.2) is 4.98 Å². The van der Waals surface area contributed by atoms with Crippen molar-refractivity contribution < 1.29 is 4.74 Å². The van der Waals surface area contributed by atoms with Crippen LogP contribution in [0.4, 0.5) is 0 Å². The summed E-state index contributed by atoms with van der Waals surface area (Å²) in [5.41, 5.74) is 1.22. The van der Waals surface area contributed by atoms with Crippen LogP contribution in [0.2, 0.25) is 0 Å². The molecule has 1 N–H and O–H groups in total. The largest absolute Gasteiger partial charge is 0.379 e. The fourth-order valence-corrected chi connectivity index (χ4v) is 3.49. The Morgan fingerprint density at radius 2 is 2.20 bits per heavy atom. The molecule has 0 spiro atoms. The first kappa shape index (κ1) is 15.5. The zero-order chi connectivity index (χ0) is 14.8. The molecule has 0 fully saturated rings. The highest BCUT2D eigenvalue weighted by atomic mass is 32.1. The molecule has 0 amide bonds. The Morgan fingerprint density at radius 1 is 1.45 bits per heavy atom. The van der Waals surface area contributed by atoms with Gasteiger partial charge in [0.2, 0.25) is 0 Å². The van der Waals surface area contributed by atoms with Crippen LogP contribution in [0.15, 0.2) is 17.8 Å². The second-order valence-corrected chi connectivity index (χ2v) is 7.09. The van der Waals surface area contributed by atoms with Gasteiger partial charge < -0.3 is 10.1 Å². The van der Waals surface area contributed by atoms with Gasteiger partial charge in [0.05, 0.1) is 11.8 Å². The predicted molar refractivity (Wildman–Crippen MR) is 84.5 cm³/mol. The number of aromatic nitrogens is 2. The van der Waals surface area contributed by atoms with Crippen LogP contribution in [0.3, 0.4) is 0 Å². The van der Waals surface area contributed by atoms with E-state index in [9.17, 15) is 0 Å². The molecular formula is C15H25N3OS. The number of thiazole rings is 1. The third-order valence-electron chi connectivity index (χ3n) is 3.51. The van der Waals surface area contributed by atoms with E-state index in [0.717, 1.165) is 23.6 Å². The van der Waals surface area contributed by atoms with E-state index in [0.29, 0.717) is 0 Å². The first-order valence-corrected chi connectivity index (χ1v) is 8.01. The first-order valence-electron chi connectivity index (χ1n) is 7.13. The van der Waals surface area contributed by atoms with Gasteiger partial charge in [-0.15, -0.1) is 11.3 Å². The minimum atomic E-state index is 0.0959. The molecule has 112 valence electrons. The summed E-state index contributed by atoms with van der Waals surface area (Å²) in [5.74, 6) is 0. The molecule has 0 aliphatic rings. The summed E-state index contributed by atoms with van der Waals surface area (Å²) < 4.78 is 7.85. The number of rotatable bonds is 6. The smallest absolute Gasteiger partial charge is 0.193 e. The van der Waals surface area contributed by atoms with Crippen LogP contribution in [0.1, 0.15) is 33.4 Å². The van der Waals surface area contributed by atoms with Crippen LogP contribution in [0, 0.1) is 5.41 Å². The topological polar surface area (TPSA) is 38.6 Å². The molecule has 20 heavy (non-hydrogen) atoms. The Balaban J connectivity index is 2.17. The van der Waals surface area contributed by atoms with Crippen LogP contribution in [-0.2, 0) is 11.2 Å². The summed E-state index contributed by atoms with van der Waals surface area (Å²) >= 11 is 1.67. The summed E-state index contributed by atoms with van der Waals surface area (Å²) in [5, 5.41) is 5.61. The molecule has 0 aliphatic heterocycles. The molecule has 0 bridgehead atoms. The van der Waals surface area contributed by atoms with E-state index in [4.69, 9.17) is 4.74 Å². The van der Waals surface area contributed by atoms with Crippen molar-refractivity contribution >= 4 is 16.3 Å². The van der Waals surface area contributed by atoms with E-state index in [2.05, 4.69) is 60.2 Å². The lowest BCUT2D eigenvalue weighted by atomic mass is 9.83. The number of imidazole rings is 1. The summed E-state index contributed by atoms with van der Waals surface area (Å²) in [6.07, 6.45) is 5.21. The van der Waals surface area contributed by atoms with Gasteiger partial charge in [0.15, 0.2) is 4.96 Å². The lowest BCUT2D eigenvalue weighted by Crippen LogP contribution is -2.49. The number of likely N-dealkylation sites (N-methyl/N-ethyl adjacent to an activating group) is 1. The average molecular weight is 295 g/mol. The van der Waals surface area contributed by atoms with Crippen molar-refractivity contribution in [2.75, 3.05) is 13.7 Å². The van der Waals surface area contributed by atoms with Gasteiger partial charge in [-0.3, -0.25) is 4.40 Å². The van der Waals surface area contributed by atoms with E-state index >= 15 is 0 Å². The number of ether oxygens (including phenoxy) is 1.